The topological polar surface area (TPSA) is 112 Å². The Labute approximate surface area is 156 Å². The van der Waals surface area contributed by atoms with E-state index in [1.165, 1.54) is 0 Å². The number of hydrogen-bond acceptors (Lipinski definition) is 7. The second kappa shape index (κ2) is 8.43. The van der Waals surface area contributed by atoms with E-state index in [2.05, 4.69) is 20.4 Å². The second-order valence-electron chi connectivity index (χ2n) is 5.93. The molecule has 2 rings (SSSR count). The molecule has 1 N–H and O–H groups in total. The van der Waals surface area contributed by atoms with E-state index in [0.717, 1.165) is 30.0 Å². The van der Waals surface area contributed by atoms with E-state index in [4.69, 9.17) is 4.74 Å². The van der Waals surface area contributed by atoms with Crippen LogP contribution < -0.4 is 5.32 Å². The van der Waals surface area contributed by atoms with Crippen LogP contribution in [0.4, 0.5) is 5.69 Å². The van der Waals surface area contributed by atoms with Crippen molar-refractivity contribution in [2.75, 3.05) is 19.5 Å². The number of methoxy groups -OCH3 is 2. The number of esters is 2. The summed E-state index contributed by atoms with van der Waals surface area (Å²) in [6.45, 7) is 5.67. The molecular weight excluding hydrogens is 352 g/mol. The van der Waals surface area contributed by atoms with Crippen molar-refractivity contribution in [2.45, 2.75) is 33.2 Å². The molecule has 9 nitrogen and oxygen atoms in total. The summed E-state index contributed by atoms with van der Waals surface area (Å²) in [5, 5.41) is 10.3. The van der Waals surface area contributed by atoms with E-state index in [-0.39, 0.29) is 11.4 Å². The van der Waals surface area contributed by atoms with Gasteiger partial charge in [-0.3, -0.25) is 4.79 Å². The summed E-state index contributed by atoms with van der Waals surface area (Å²) in [4.78, 5) is 36.8. The molecule has 0 aliphatic rings. The minimum atomic E-state index is -0.869. The number of nitrogens with zero attached hydrogens (tertiary/aromatic N) is 3. The molecule has 1 amide bonds. The van der Waals surface area contributed by atoms with Gasteiger partial charge >= 0.3 is 11.9 Å². The van der Waals surface area contributed by atoms with Gasteiger partial charge in [-0.1, -0.05) is 18.2 Å². The Morgan fingerprint density at radius 1 is 1.11 bits per heavy atom. The summed E-state index contributed by atoms with van der Waals surface area (Å²) < 4.78 is 10.4. The largest absolute Gasteiger partial charge is 0.464 e. The maximum Gasteiger partial charge on any atom is 0.361 e. The molecule has 1 aromatic carbocycles. The van der Waals surface area contributed by atoms with Gasteiger partial charge in [-0.25, -0.2) is 14.3 Å². The highest BCUT2D eigenvalue weighted by atomic mass is 16.5. The fraction of sp³-hybridized carbons (Fsp3) is 0.389. The predicted molar refractivity (Wildman–Crippen MR) is 96.6 cm³/mol. The molecule has 1 unspecified atom stereocenters. The molecule has 1 atom stereocenters. The lowest BCUT2D eigenvalue weighted by Gasteiger charge is -2.17. The van der Waals surface area contributed by atoms with Gasteiger partial charge in [-0.05, 0) is 43.5 Å². The number of amides is 1. The van der Waals surface area contributed by atoms with Gasteiger partial charge in [0.15, 0.2) is 5.69 Å². The molecule has 27 heavy (non-hydrogen) atoms. The minimum Gasteiger partial charge on any atom is -0.464 e. The van der Waals surface area contributed by atoms with Crippen molar-refractivity contribution in [2.24, 2.45) is 0 Å². The van der Waals surface area contributed by atoms with E-state index in [1.54, 1.807) is 13.0 Å². The van der Waals surface area contributed by atoms with Crippen LogP contribution in [0.15, 0.2) is 18.2 Å². The molecule has 144 valence electrons. The highest BCUT2D eigenvalue weighted by Gasteiger charge is 2.32. The zero-order valence-electron chi connectivity index (χ0n) is 15.9. The highest BCUT2D eigenvalue weighted by molar-refractivity contribution is 6.01. The van der Waals surface area contributed by atoms with E-state index >= 15 is 0 Å². The normalized spacial score (nSPS) is 11.6. The van der Waals surface area contributed by atoms with Crippen molar-refractivity contribution in [1.82, 2.24) is 15.0 Å². The van der Waals surface area contributed by atoms with Crippen LogP contribution in [-0.2, 0) is 14.3 Å². The van der Waals surface area contributed by atoms with E-state index in [1.807, 2.05) is 26.0 Å². The van der Waals surface area contributed by atoms with Crippen molar-refractivity contribution < 1.29 is 23.9 Å². The van der Waals surface area contributed by atoms with Crippen LogP contribution in [0.25, 0.3) is 0 Å². The Morgan fingerprint density at radius 3 is 2.33 bits per heavy atom. The predicted octanol–water partition coefficient (Wildman–Crippen LogP) is 2.06. The Hall–Kier alpha value is -3.23. The molecule has 1 aromatic heterocycles. The summed E-state index contributed by atoms with van der Waals surface area (Å²) in [6, 6.07) is 4.67. The van der Waals surface area contributed by atoms with Crippen LogP contribution >= 0.6 is 0 Å². The van der Waals surface area contributed by atoms with Crippen molar-refractivity contribution in [3.05, 3.63) is 40.7 Å². The SMILES string of the molecule is CCC(C(=O)Nc1ccc(C)c(C)c1)n1nnc(C(=O)OC)c1C(=O)OC. The lowest BCUT2D eigenvalue weighted by atomic mass is 10.1. The standard InChI is InChI=1S/C18H22N4O5/c1-6-13(16(23)19-12-8-7-10(2)11(3)9-12)22-15(18(25)27-5)14(20-21-22)17(24)26-4/h7-9,13H,6H2,1-5H3,(H,19,23). The molecule has 0 saturated carbocycles. The number of carbonyl (C=O) groups excluding carboxylic acids is 3. The molecule has 0 aliphatic heterocycles. The fourth-order valence-electron chi connectivity index (χ4n) is 2.55. The molecule has 0 aliphatic carbocycles. The molecule has 0 saturated heterocycles. The Morgan fingerprint density at radius 2 is 1.78 bits per heavy atom. The van der Waals surface area contributed by atoms with Gasteiger partial charge in [0.2, 0.25) is 11.6 Å². The zero-order valence-corrected chi connectivity index (χ0v) is 15.9. The van der Waals surface area contributed by atoms with Crippen LogP contribution in [0.2, 0.25) is 0 Å². The van der Waals surface area contributed by atoms with Gasteiger partial charge in [-0.2, -0.15) is 0 Å². The summed E-state index contributed by atoms with van der Waals surface area (Å²) in [6.07, 6.45) is 0.310. The first kappa shape index (κ1) is 20.1. The van der Waals surface area contributed by atoms with Crippen molar-refractivity contribution in [3.63, 3.8) is 0 Å². The number of anilines is 1. The van der Waals surface area contributed by atoms with Crippen LogP contribution in [0.1, 0.15) is 51.5 Å². The molecule has 9 heteroatoms. The molecule has 2 aromatic rings. The van der Waals surface area contributed by atoms with Gasteiger partial charge in [0, 0.05) is 5.69 Å². The number of carbonyl (C=O) groups is 3. The number of hydrogen-bond donors (Lipinski definition) is 1. The Balaban J connectivity index is 2.39. The second-order valence-corrected chi connectivity index (χ2v) is 5.93. The molecule has 0 spiro atoms. The van der Waals surface area contributed by atoms with Crippen molar-refractivity contribution in [1.29, 1.82) is 0 Å². The third kappa shape index (κ3) is 4.13. The Kier molecular flexibility index (Phi) is 6.27. The van der Waals surface area contributed by atoms with Gasteiger partial charge in [0.05, 0.1) is 14.2 Å². The molecule has 0 radical (unpaired) electrons. The maximum atomic E-state index is 12.8. The smallest absolute Gasteiger partial charge is 0.361 e. The quantitative estimate of drug-likeness (QED) is 0.770. The zero-order chi connectivity index (χ0) is 20.1. The molecule has 1 heterocycles. The summed E-state index contributed by atoms with van der Waals surface area (Å²) in [5.74, 6) is -2.07. The van der Waals surface area contributed by atoms with Crippen molar-refractivity contribution in [3.8, 4) is 0 Å². The summed E-state index contributed by atoms with van der Waals surface area (Å²) >= 11 is 0. The number of benzene rings is 1. The van der Waals surface area contributed by atoms with Crippen molar-refractivity contribution >= 4 is 23.5 Å². The lowest BCUT2D eigenvalue weighted by molar-refractivity contribution is -0.119. The van der Waals surface area contributed by atoms with Gasteiger partial charge in [-0.15, -0.1) is 5.10 Å². The average Bonchev–Trinajstić information content (AvgIpc) is 3.08. The average molecular weight is 374 g/mol. The van der Waals surface area contributed by atoms with Gasteiger partial charge < -0.3 is 14.8 Å². The fourth-order valence-corrected chi connectivity index (χ4v) is 2.55. The molecular formula is C18H22N4O5. The van der Waals surface area contributed by atoms with E-state index in [9.17, 15) is 14.4 Å². The highest BCUT2D eigenvalue weighted by Crippen LogP contribution is 2.21. The lowest BCUT2D eigenvalue weighted by Crippen LogP contribution is -2.29. The Bertz CT molecular complexity index is 875. The third-order valence-electron chi connectivity index (χ3n) is 4.21. The number of ether oxygens (including phenoxy) is 2. The molecule has 0 bridgehead atoms. The molecule has 0 fully saturated rings. The third-order valence-corrected chi connectivity index (χ3v) is 4.21. The summed E-state index contributed by atoms with van der Waals surface area (Å²) in [5.41, 5.74) is 2.22. The van der Waals surface area contributed by atoms with E-state index in [0.29, 0.717) is 12.1 Å². The van der Waals surface area contributed by atoms with E-state index < -0.39 is 23.9 Å². The maximum absolute atomic E-state index is 12.8. The first-order valence-electron chi connectivity index (χ1n) is 8.33. The number of rotatable bonds is 6. The number of nitrogens with one attached hydrogen (secondary N) is 1. The van der Waals surface area contributed by atoms with Gasteiger partial charge in [0.25, 0.3) is 0 Å². The number of aromatic nitrogens is 3. The first-order chi connectivity index (χ1) is 12.8. The number of aryl methyl sites for hydroxylation is 2. The van der Waals surface area contributed by atoms with Crippen LogP contribution in [-0.4, -0.2) is 47.1 Å². The van der Waals surface area contributed by atoms with Crippen LogP contribution in [0.3, 0.4) is 0 Å². The first-order valence-corrected chi connectivity index (χ1v) is 8.33. The van der Waals surface area contributed by atoms with Crippen LogP contribution in [0, 0.1) is 13.8 Å². The minimum absolute atomic E-state index is 0.230. The van der Waals surface area contributed by atoms with Crippen LogP contribution in [0.5, 0.6) is 0 Å². The summed E-state index contributed by atoms with van der Waals surface area (Å²) in [7, 11) is 2.32. The monoisotopic (exact) mass is 374 g/mol. The van der Waals surface area contributed by atoms with Gasteiger partial charge in [0.1, 0.15) is 6.04 Å².